The fourth-order valence-electron chi connectivity index (χ4n) is 1.29. The molecule has 0 aliphatic rings. The molecule has 1 N–H and O–H groups in total. The zero-order chi connectivity index (χ0) is 13.4. The van der Waals surface area contributed by atoms with Crippen LogP contribution in [-0.2, 0) is 13.6 Å². The van der Waals surface area contributed by atoms with Crippen molar-refractivity contribution in [3.8, 4) is 0 Å². The van der Waals surface area contributed by atoms with Gasteiger partial charge in [0.2, 0.25) is 4.52 Å². The quantitative estimate of drug-likeness (QED) is 0.363. The number of alkyl halides is 2. The van der Waals surface area contributed by atoms with Crippen molar-refractivity contribution in [2.75, 3.05) is 6.61 Å². The van der Waals surface area contributed by atoms with Crippen molar-refractivity contribution in [2.45, 2.75) is 56.9 Å². The molecule has 104 valence electrons. The molecule has 0 bridgehead atoms. The zero-order valence-electron chi connectivity index (χ0n) is 10.3. The number of hydrogen-bond donors (Lipinski definition) is 1. The van der Waals surface area contributed by atoms with Gasteiger partial charge in [-0.05, 0) is 13.3 Å². The summed E-state index contributed by atoms with van der Waals surface area (Å²) in [5.74, 6) is 0. The fraction of sp³-hybridized carbons (Fsp3) is 1.00. The van der Waals surface area contributed by atoms with Gasteiger partial charge in [0.1, 0.15) is 0 Å². The monoisotopic (exact) mass is 306 g/mol. The van der Waals surface area contributed by atoms with Gasteiger partial charge in [0.25, 0.3) is 0 Å². The van der Waals surface area contributed by atoms with Gasteiger partial charge < -0.3 is 4.89 Å². The molecule has 0 saturated carbocycles. The van der Waals surface area contributed by atoms with Crippen molar-refractivity contribution in [1.82, 2.24) is 0 Å². The second-order valence-electron chi connectivity index (χ2n) is 3.97. The predicted octanol–water partition coefficient (Wildman–Crippen LogP) is 4.63. The molecule has 0 fully saturated rings. The van der Waals surface area contributed by atoms with E-state index in [1.165, 1.54) is 26.2 Å². The summed E-state index contributed by atoms with van der Waals surface area (Å²) in [5.41, 5.74) is 0. The molecule has 0 aliphatic heterocycles. The summed E-state index contributed by atoms with van der Waals surface area (Å²) in [6.07, 6.45) is 6.40. The van der Waals surface area contributed by atoms with Crippen LogP contribution in [0.4, 0.5) is 0 Å². The second-order valence-corrected chi connectivity index (χ2v) is 6.98. The lowest BCUT2D eigenvalue weighted by molar-refractivity contribution is 0.126. The maximum atomic E-state index is 11.3. The lowest BCUT2D eigenvalue weighted by atomic mass is 10.1. The van der Waals surface area contributed by atoms with Crippen molar-refractivity contribution in [1.29, 1.82) is 0 Å². The van der Waals surface area contributed by atoms with Crippen molar-refractivity contribution >= 4 is 31.0 Å². The number of phosphoric ester groups is 1. The van der Waals surface area contributed by atoms with Gasteiger partial charge in [-0.1, -0.05) is 62.2 Å². The number of halogens is 2. The zero-order valence-corrected chi connectivity index (χ0v) is 12.7. The Hall–Kier alpha value is 0.690. The normalized spacial score (nSPS) is 15.8. The van der Waals surface area contributed by atoms with Gasteiger partial charge in [-0.15, -0.1) is 0 Å². The van der Waals surface area contributed by atoms with E-state index >= 15 is 0 Å². The first-order valence-corrected chi connectivity index (χ1v) is 8.08. The molecule has 0 aliphatic carbocycles. The van der Waals surface area contributed by atoms with Gasteiger partial charge in [0.05, 0.1) is 6.61 Å². The van der Waals surface area contributed by atoms with Crippen LogP contribution in [0.5, 0.6) is 0 Å². The van der Waals surface area contributed by atoms with E-state index in [9.17, 15) is 9.46 Å². The Labute approximate surface area is 113 Å². The van der Waals surface area contributed by atoms with Gasteiger partial charge in [-0.25, -0.2) is 9.09 Å². The van der Waals surface area contributed by atoms with Crippen LogP contribution in [0.1, 0.15) is 52.4 Å². The molecular formula is C10H21Cl2O4P. The lowest BCUT2D eigenvalue weighted by Gasteiger charge is -2.18. The smallest absolute Gasteiger partial charge is 0.302 e. The molecule has 17 heavy (non-hydrogen) atoms. The first-order chi connectivity index (χ1) is 7.77. The van der Waals surface area contributed by atoms with Gasteiger partial charge >= 0.3 is 7.82 Å². The summed E-state index contributed by atoms with van der Waals surface area (Å²) < 4.78 is 18.8. The number of hydrogen-bond acceptors (Lipinski definition) is 3. The van der Waals surface area contributed by atoms with Crippen molar-refractivity contribution in [2.24, 2.45) is 0 Å². The molecule has 0 amide bonds. The van der Waals surface area contributed by atoms with Gasteiger partial charge in [0.15, 0.2) is 0 Å². The molecule has 0 heterocycles. The highest BCUT2D eigenvalue weighted by molar-refractivity contribution is 7.47. The Morgan fingerprint density at radius 3 is 2.24 bits per heavy atom. The van der Waals surface area contributed by atoms with E-state index in [1.54, 1.807) is 0 Å². The summed E-state index contributed by atoms with van der Waals surface area (Å²) in [6, 6.07) is 0. The molecule has 1 atom stereocenters. The van der Waals surface area contributed by atoms with Crippen molar-refractivity contribution < 1.29 is 18.5 Å². The number of rotatable bonds is 10. The van der Waals surface area contributed by atoms with Gasteiger partial charge in [0, 0.05) is 0 Å². The predicted molar refractivity (Wildman–Crippen MR) is 70.3 cm³/mol. The van der Waals surface area contributed by atoms with Crippen LogP contribution in [0.15, 0.2) is 0 Å². The third kappa shape index (κ3) is 12.9. The third-order valence-electron chi connectivity index (χ3n) is 2.03. The molecule has 4 nitrogen and oxygen atoms in total. The molecule has 0 saturated heterocycles. The Morgan fingerprint density at radius 2 is 1.71 bits per heavy atom. The lowest BCUT2D eigenvalue weighted by Crippen LogP contribution is -2.11. The van der Waals surface area contributed by atoms with E-state index in [0.717, 1.165) is 19.3 Å². The first-order valence-electron chi connectivity index (χ1n) is 5.83. The van der Waals surface area contributed by atoms with E-state index < -0.39 is 12.3 Å². The molecule has 0 spiro atoms. The van der Waals surface area contributed by atoms with Gasteiger partial charge in [-0.2, -0.15) is 0 Å². The molecule has 7 heteroatoms. The largest absolute Gasteiger partial charge is 0.474 e. The van der Waals surface area contributed by atoms with E-state index in [0.29, 0.717) is 0 Å². The van der Waals surface area contributed by atoms with Crippen LogP contribution in [0.3, 0.4) is 0 Å². The highest BCUT2D eigenvalue weighted by Gasteiger charge is 2.31. The van der Waals surface area contributed by atoms with E-state index in [1.807, 2.05) is 0 Å². The van der Waals surface area contributed by atoms with Crippen molar-refractivity contribution in [3.05, 3.63) is 0 Å². The van der Waals surface area contributed by atoms with E-state index in [4.69, 9.17) is 27.7 Å². The first kappa shape index (κ1) is 17.7. The van der Waals surface area contributed by atoms with Crippen molar-refractivity contribution in [3.63, 3.8) is 0 Å². The average molecular weight is 307 g/mol. The molecule has 0 rings (SSSR count). The Morgan fingerprint density at radius 1 is 1.18 bits per heavy atom. The third-order valence-corrected chi connectivity index (χ3v) is 3.50. The molecule has 0 aromatic heterocycles. The topological polar surface area (TPSA) is 55.8 Å². The average Bonchev–Trinajstić information content (AvgIpc) is 2.12. The minimum Gasteiger partial charge on any atom is -0.302 e. The molecule has 1 unspecified atom stereocenters. The van der Waals surface area contributed by atoms with Crippen LogP contribution >= 0.6 is 31.0 Å². The van der Waals surface area contributed by atoms with Crippen LogP contribution in [-0.4, -0.2) is 16.0 Å². The summed E-state index contributed by atoms with van der Waals surface area (Å²) in [7, 11) is -4.14. The highest BCUT2D eigenvalue weighted by atomic mass is 35.5. The standard InChI is InChI=1S/C10H21Cl2O4P/c1-3-4-5-6-7-8-9-15-17(13,14)16-10(2,11)12/h3-9H2,1-2H3,(H,13,14). The molecule has 0 radical (unpaired) electrons. The van der Waals surface area contributed by atoms with E-state index in [-0.39, 0.29) is 6.61 Å². The Kier molecular flexibility index (Phi) is 9.09. The van der Waals surface area contributed by atoms with Crippen LogP contribution in [0.2, 0.25) is 0 Å². The summed E-state index contributed by atoms with van der Waals surface area (Å²) in [4.78, 5) is 9.23. The second kappa shape index (κ2) is 8.73. The number of phosphoric acid groups is 1. The molecule has 0 aromatic carbocycles. The minimum atomic E-state index is -4.14. The Balaban J connectivity index is 3.56. The molecular weight excluding hydrogens is 286 g/mol. The summed E-state index contributed by atoms with van der Waals surface area (Å²) in [5, 5.41) is 0. The van der Waals surface area contributed by atoms with Crippen LogP contribution in [0.25, 0.3) is 0 Å². The van der Waals surface area contributed by atoms with Crippen LogP contribution < -0.4 is 0 Å². The molecule has 0 aromatic rings. The fourth-order valence-corrected chi connectivity index (χ4v) is 2.63. The minimum absolute atomic E-state index is 0.170. The Bertz CT molecular complexity index is 243. The van der Waals surface area contributed by atoms with Gasteiger partial charge in [-0.3, -0.25) is 4.52 Å². The maximum Gasteiger partial charge on any atom is 0.474 e. The summed E-state index contributed by atoms with van der Waals surface area (Å²) in [6.45, 7) is 3.58. The van der Waals surface area contributed by atoms with E-state index in [2.05, 4.69) is 11.4 Å². The van der Waals surface area contributed by atoms with Crippen LogP contribution in [0, 0.1) is 0 Å². The summed E-state index contributed by atoms with van der Waals surface area (Å²) >= 11 is 10.9. The number of unbranched alkanes of at least 4 members (excludes halogenated alkanes) is 5. The maximum absolute atomic E-state index is 11.3. The highest BCUT2D eigenvalue weighted by Crippen LogP contribution is 2.49. The SMILES string of the molecule is CCCCCCCCOP(=O)(O)OC(C)(Cl)Cl.